The van der Waals surface area contributed by atoms with E-state index in [-0.39, 0.29) is 17.8 Å². The highest BCUT2D eigenvalue weighted by Crippen LogP contribution is 2.41. The third kappa shape index (κ3) is 1.25. The molecule has 1 unspecified atom stereocenters. The van der Waals surface area contributed by atoms with Crippen LogP contribution in [0.2, 0.25) is 0 Å². The molecule has 82 valence electrons. The van der Waals surface area contributed by atoms with Gasteiger partial charge in [-0.3, -0.25) is 4.90 Å². The van der Waals surface area contributed by atoms with E-state index in [1.54, 1.807) is 0 Å². The second-order valence-electron chi connectivity index (χ2n) is 4.43. The Kier molecular flexibility index (Phi) is 1.78. The predicted molar refractivity (Wildman–Crippen MR) is 51.8 cm³/mol. The van der Waals surface area contributed by atoms with Crippen LogP contribution in [-0.4, -0.2) is 39.8 Å². The van der Waals surface area contributed by atoms with Crippen LogP contribution < -0.4 is 5.73 Å². The fraction of sp³-hybridized carbons (Fsp3) is 0.778. The molecule has 3 aliphatic rings. The smallest absolute Gasteiger partial charge is 0.261 e. The van der Waals surface area contributed by atoms with E-state index in [1.807, 2.05) is 0 Å². The zero-order valence-electron chi connectivity index (χ0n) is 8.39. The van der Waals surface area contributed by atoms with Crippen molar-refractivity contribution in [2.75, 3.05) is 25.4 Å². The van der Waals surface area contributed by atoms with E-state index < -0.39 is 5.60 Å². The second-order valence-corrected chi connectivity index (χ2v) is 4.43. The van der Waals surface area contributed by atoms with Crippen LogP contribution in [0.1, 0.15) is 18.7 Å². The summed E-state index contributed by atoms with van der Waals surface area (Å²) >= 11 is 0. The number of rotatable bonds is 1. The molecule has 2 bridgehead atoms. The van der Waals surface area contributed by atoms with Gasteiger partial charge in [0.15, 0.2) is 5.60 Å². The van der Waals surface area contributed by atoms with Gasteiger partial charge in [0.2, 0.25) is 0 Å². The second kappa shape index (κ2) is 2.93. The number of nitrogen functional groups attached to an aromatic ring is 1. The minimum absolute atomic E-state index is 0.0925. The molecule has 6 heteroatoms. The average molecular weight is 210 g/mol. The summed E-state index contributed by atoms with van der Waals surface area (Å²) in [5.41, 5.74) is 4.42. The highest BCUT2D eigenvalue weighted by Gasteiger charge is 2.50. The summed E-state index contributed by atoms with van der Waals surface area (Å²) in [4.78, 5) is 6.17. The molecular formula is C9H14N4O2. The molecule has 1 aromatic rings. The first-order chi connectivity index (χ1) is 7.18. The minimum atomic E-state index is -0.985. The van der Waals surface area contributed by atoms with Gasteiger partial charge < -0.3 is 15.4 Å². The SMILES string of the molecule is Nc1noc(C2(O)CN3CCC2CC3)n1. The maximum atomic E-state index is 10.6. The van der Waals surface area contributed by atoms with E-state index in [1.165, 1.54) is 0 Å². The molecule has 3 fully saturated rings. The lowest BCUT2D eigenvalue weighted by molar-refractivity contribution is -0.134. The standard InChI is InChI=1S/C9H14N4O2/c10-8-11-7(15-12-8)9(14)5-13-3-1-6(9)2-4-13/h6,14H,1-5H2,(H2,10,12). The largest absolute Gasteiger partial charge is 0.378 e. The lowest BCUT2D eigenvalue weighted by Crippen LogP contribution is -2.57. The van der Waals surface area contributed by atoms with Crippen molar-refractivity contribution in [1.29, 1.82) is 0 Å². The molecule has 0 radical (unpaired) electrons. The van der Waals surface area contributed by atoms with Crippen LogP contribution in [0.3, 0.4) is 0 Å². The molecule has 3 saturated heterocycles. The molecule has 15 heavy (non-hydrogen) atoms. The topological polar surface area (TPSA) is 88.4 Å². The van der Waals surface area contributed by atoms with Crippen LogP contribution in [-0.2, 0) is 5.60 Å². The third-order valence-electron chi connectivity index (χ3n) is 3.54. The maximum absolute atomic E-state index is 10.6. The minimum Gasteiger partial charge on any atom is -0.378 e. The molecule has 4 rings (SSSR count). The Morgan fingerprint density at radius 1 is 1.47 bits per heavy atom. The number of fused-ring (bicyclic) bond motifs is 3. The van der Waals surface area contributed by atoms with Crippen LogP contribution in [0.5, 0.6) is 0 Å². The first-order valence-corrected chi connectivity index (χ1v) is 5.23. The number of piperidine rings is 3. The van der Waals surface area contributed by atoms with E-state index in [2.05, 4.69) is 15.0 Å². The lowest BCUT2D eigenvalue weighted by Gasteiger charge is -2.48. The lowest BCUT2D eigenvalue weighted by atomic mass is 9.75. The highest BCUT2D eigenvalue weighted by atomic mass is 16.5. The number of aromatic nitrogens is 2. The van der Waals surface area contributed by atoms with E-state index in [0.29, 0.717) is 6.54 Å². The van der Waals surface area contributed by atoms with E-state index in [9.17, 15) is 5.11 Å². The number of hydrogen-bond acceptors (Lipinski definition) is 6. The number of anilines is 1. The van der Waals surface area contributed by atoms with Crippen molar-refractivity contribution in [3.05, 3.63) is 5.89 Å². The van der Waals surface area contributed by atoms with Crippen LogP contribution in [0.25, 0.3) is 0 Å². The third-order valence-corrected chi connectivity index (χ3v) is 3.54. The van der Waals surface area contributed by atoms with Crippen LogP contribution in [0.15, 0.2) is 4.52 Å². The highest BCUT2D eigenvalue weighted by molar-refractivity contribution is 5.16. The van der Waals surface area contributed by atoms with Gasteiger partial charge in [0, 0.05) is 12.5 Å². The van der Waals surface area contributed by atoms with Crippen molar-refractivity contribution in [2.45, 2.75) is 18.4 Å². The van der Waals surface area contributed by atoms with E-state index in [4.69, 9.17) is 10.3 Å². The number of hydrogen-bond donors (Lipinski definition) is 2. The fourth-order valence-corrected chi connectivity index (χ4v) is 2.69. The maximum Gasteiger partial charge on any atom is 0.261 e. The molecule has 3 aliphatic heterocycles. The van der Waals surface area contributed by atoms with Crippen LogP contribution in [0.4, 0.5) is 5.95 Å². The summed E-state index contributed by atoms with van der Waals surface area (Å²) in [7, 11) is 0. The summed E-state index contributed by atoms with van der Waals surface area (Å²) in [6.45, 7) is 2.69. The van der Waals surface area contributed by atoms with Gasteiger partial charge in [-0.25, -0.2) is 0 Å². The van der Waals surface area contributed by atoms with Crippen molar-refractivity contribution in [3.63, 3.8) is 0 Å². The Morgan fingerprint density at radius 3 is 2.67 bits per heavy atom. The molecule has 1 atom stereocenters. The number of nitrogens with two attached hydrogens (primary N) is 1. The zero-order valence-corrected chi connectivity index (χ0v) is 8.39. The summed E-state index contributed by atoms with van der Waals surface area (Å²) in [5.74, 6) is 0.589. The molecule has 0 amide bonds. The zero-order chi connectivity index (χ0) is 10.5. The Balaban J connectivity index is 1.96. The normalized spacial score (nSPS) is 39.5. The van der Waals surface area contributed by atoms with Crippen LogP contribution in [0, 0.1) is 5.92 Å². The monoisotopic (exact) mass is 210 g/mol. The molecule has 0 aromatic carbocycles. The summed E-state index contributed by atoms with van der Waals surface area (Å²) in [6, 6.07) is 0. The van der Waals surface area contributed by atoms with Gasteiger partial charge in [0.25, 0.3) is 11.8 Å². The van der Waals surface area contributed by atoms with Gasteiger partial charge in [0.1, 0.15) is 0 Å². The van der Waals surface area contributed by atoms with Gasteiger partial charge >= 0.3 is 0 Å². The van der Waals surface area contributed by atoms with Crippen molar-refractivity contribution in [2.24, 2.45) is 5.92 Å². The summed E-state index contributed by atoms with van der Waals surface area (Å²) in [6.07, 6.45) is 1.97. The predicted octanol–water partition coefficient (Wildman–Crippen LogP) is -0.435. The first-order valence-electron chi connectivity index (χ1n) is 5.23. The van der Waals surface area contributed by atoms with Gasteiger partial charge in [0.05, 0.1) is 0 Å². The Bertz CT molecular complexity index is 372. The average Bonchev–Trinajstić information content (AvgIpc) is 2.67. The molecule has 6 nitrogen and oxygen atoms in total. The number of nitrogens with zero attached hydrogens (tertiary/aromatic N) is 3. The first kappa shape index (κ1) is 9.11. The van der Waals surface area contributed by atoms with Gasteiger partial charge in [-0.1, -0.05) is 0 Å². The number of aliphatic hydroxyl groups is 1. The van der Waals surface area contributed by atoms with Crippen molar-refractivity contribution in [1.82, 2.24) is 15.0 Å². The molecule has 0 saturated carbocycles. The van der Waals surface area contributed by atoms with Crippen molar-refractivity contribution >= 4 is 5.95 Å². The molecule has 0 aliphatic carbocycles. The van der Waals surface area contributed by atoms with Crippen molar-refractivity contribution < 1.29 is 9.63 Å². The van der Waals surface area contributed by atoms with Gasteiger partial charge in [-0.2, -0.15) is 4.98 Å². The fourth-order valence-electron chi connectivity index (χ4n) is 2.69. The molecule has 4 heterocycles. The summed E-state index contributed by atoms with van der Waals surface area (Å²) < 4.78 is 5.00. The molecule has 3 N–H and O–H groups in total. The van der Waals surface area contributed by atoms with Gasteiger partial charge in [-0.15, -0.1) is 0 Å². The van der Waals surface area contributed by atoms with Crippen LogP contribution >= 0.6 is 0 Å². The summed E-state index contributed by atoms with van der Waals surface area (Å²) in [5, 5.41) is 14.1. The molecule has 1 aromatic heterocycles. The quantitative estimate of drug-likeness (QED) is 0.653. The van der Waals surface area contributed by atoms with E-state index >= 15 is 0 Å². The molecule has 0 spiro atoms. The molecular weight excluding hydrogens is 196 g/mol. The van der Waals surface area contributed by atoms with Gasteiger partial charge in [-0.05, 0) is 31.1 Å². The Labute approximate surface area is 87.1 Å². The van der Waals surface area contributed by atoms with Crippen molar-refractivity contribution in [3.8, 4) is 0 Å². The Morgan fingerprint density at radius 2 is 2.20 bits per heavy atom. The Hall–Kier alpha value is -1.14. The van der Waals surface area contributed by atoms with E-state index in [0.717, 1.165) is 25.9 Å².